The first-order valence-electron chi connectivity index (χ1n) is 10.2. The lowest BCUT2D eigenvalue weighted by Crippen LogP contribution is -2.47. The van der Waals surface area contributed by atoms with Crippen molar-refractivity contribution in [3.8, 4) is 28.6 Å². The van der Waals surface area contributed by atoms with Gasteiger partial charge in [0.2, 0.25) is 15.9 Å². The molecule has 1 atom stereocenters. The third-order valence-electron chi connectivity index (χ3n) is 5.24. The minimum absolute atomic E-state index is 0.134. The molecule has 0 bridgehead atoms. The summed E-state index contributed by atoms with van der Waals surface area (Å²) < 4.78 is 48.1. The molecule has 2 aromatic heterocycles. The van der Waals surface area contributed by atoms with Crippen LogP contribution in [0, 0.1) is 0 Å². The normalized spacial score (nSPS) is 19.1. The smallest absolute Gasteiger partial charge is 0.242 e. The van der Waals surface area contributed by atoms with Gasteiger partial charge in [-0.1, -0.05) is 0 Å². The average molecular weight is 458 g/mol. The highest BCUT2D eigenvalue weighted by Crippen LogP contribution is 2.35. The van der Waals surface area contributed by atoms with E-state index in [1.165, 1.54) is 10.6 Å². The van der Waals surface area contributed by atoms with Gasteiger partial charge in [-0.2, -0.15) is 4.31 Å². The molecule has 1 aromatic carbocycles. The van der Waals surface area contributed by atoms with E-state index in [4.69, 9.17) is 18.9 Å². The van der Waals surface area contributed by atoms with E-state index < -0.39 is 16.1 Å². The fourth-order valence-electron chi connectivity index (χ4n) is 3.66. The monoisotopic (exact) mass is 458 g/mol. The van der Waals surface area contributed by atoms with Crippen LogP contribution in [0.5, 0.6) is 17.4 Å². The molecule has 0 saturated carbocycles. The number of hydrogen-bond donors (Lipinski definition) is 0. The molecular formula is C21H22N4O6S. The number of rotatable bonds is 5. The highest BCUT2D eigenvalue weighted by molar-refractivity contribution is 7.88. The Morgan fingerprint density at radius 3 is 2.75 bits per heavy atom. The van der Waals surface area contributed by atoms with E-state index >= 15 is 0 Å². The minimum atomic E-state index is -3.29. The molecule has 0 amide bonds. The molecule has 168 valence electrons. The van der Waals surface area contributed by atoms with Crippen molar-refractivity contribution in [2.45, 2.75) is 6.10 Å². The third-order valence-corrected chi connectivity index (χ3v) is 6.51. The molecule has 32 heavy (non-hydrogen) atoms. The van der Waals surface area contributed by atoms with Crippen LogP contribution in [0.15, 0.2) is 36.7 Å². The van der Waals surface area contributed by atoms with Crippen LogP contribution < -0.4 is 14.2 Å². The van der Waals surface area contributed by atoms with Crippen molar-refractivity contribution in [1.82, 2.24) is 19.3 Å². The maximum Gasteiger partial charge on any atom is 0.242 e. The highest BCUT2D eigenvalue weighted by Gasteiger charge is 2.27. The van der Waals surface area contributed by atoms with Crippen molar-refractivity contribution in [1.29, 1.82) is 0 Å². The van der Waals surface area contributed by atoms with Crippen molar-refractivity contribution in [2.24, 2.45) is 0 Å². The largest absolute Gasteiger partial charge is 0.486 e. The van der Waals surface area contributed by atoms with Gasteiger partial charge in [-0.3, -0.25) is 4.98 Å². The fourth-order valence-corrected chi connectivity index (χ4v) is 4.50. The summed E-state index contributed by atoms with van der Waals surface area (Å²) in [5.74, 6) is 1.66. The molecule has 1 unspecified atom stereocenters. The molecule has 0 aliphatic carbocycles. The number of ether oxygens (including phenoxy) is 4. The number of pyridine rings is 1. The summed E-state index contributed by atoms with van der Waals surface area (Å²) >= 11 is 0. The van der Waals surface area contributed by atoms with Crippen molar-refractivity contribution in [2.75, 3.05) is 45.8 Å². The van der Waals surface area contributed by atoms with Gasteiger partial charge < -0.3 is 18.9 Å². The lowest BCUT2D eigenvalue weighted by atomic mass is 10.1. The summed E-state index contributed by atoms with van der Waals surface area (Å²) in [5.41, 5.74) is 2.62. The van der Waals surface area contributed by atoms with Crippen LogP contribution in [0.1, 0.15) is 0 Å². The van der Waals surface area contributed by atoms with Gasteiger partial charge in [0.05, 0.1) is 24.1 Å². The molecule has 4 heterocycles. The molecule has 1 fully saturated rings. The molecule has 10 nitrogen and oxygen atoms in total. The average Bonchev–Trinajstić information content (AvgIpc) is 2.81. The zero-order valence-electron chi connectivity index (χ0n) is 17.4. The molecular weight excluding hydrogens is 436 g/mol. The molecule has 5 rings (SSSR count). The van der Waals surface area contributed by atoms with Gasteiger partial charge in [0.1, 0.15) is 25.9 Å². The molecule has 2 aliphatic rings. The second kappa shape index (κ2) is 8.49. The SMILES string of the molecule is CS(=O)(=O)N1CCOC(COc2nc(-c3ccc4c(c3)OCCO4)cc3nccnc23)C1. The predicted molar refractivity (Wildman–Crippen MR) is 115 cm³/mol. The first kappa shape index (κ1) is 20.9. The zero-order valence-corrected chi connectivity index (χ0v) is 18.2. The Morgan fingerprint density at radius 1 is 1.09 bits per heavy atom. The van der Waals surface area contributed by atoms with Crippen molar-refractivity contribution in [3.05, 3.63) is 36.7 Å². The van der Waals surface area contributed by atoms with Crippen LogP contribution in [0.2, 0.25) is 0 Å². The second-order valence-corrected chi connectivity index (χ2v) is 9.50. The summed E-state index contributed by atoms with van der Waals surface area (Å²) in [6, 6.07) is 7.46. The summed E-state index contributed by atoms with van der Waals surface area (Å²) in [5, 5.41) is 0. The quantitative estimate of drug-likeness (QED) is 0.561. The first-order valence-corrected chi connectivity index (χ1v) is 12.0. The lowest BCUT2D eigenvalue weighted by molar-refractivity contribution is -0.0252. The van der Waals surface area contributed by atoms with Gasteiger partial charge in [0.25, 0.3) is 0 Å². The van der Waals surface area contributed by atoms with Crippen LogP contribution in [0.25, 0.3) is 22.3 Å². The Kier molecular flexibility index (Phi) is 5.53. The topological polar surface area (TPSA) is 113 Å². The number of aromatic nitrogens is 3. The number of benzene rings is 1. The van der Waals surface area contributed by atoms with Crippen molar-refractivity contribution in [3.63, 3.8) is 0 Å². The molecule has 0 N–H and O–H groups in total. The number of fused-ring (bicyclic) bond motifs is 2. The Bertz CT molecular complexity index is 1250. The Labute approximate surface area is 185 Å². The standard InChI is InChI=1S/C21H22N4O6S/c1-32(26,27)25-6-7-28-15(12-25)13-31-21-20-17(22-4-5-23-20)11-16(24-21)14-2-3-18-19(10-14)30-9-8-29-18/h2-5,10-11,15H,6-9,12-13H2,1H3. The van der Waals surface area contributed by atoms with E-state index in [0.717, 1.165) is 5.56 Å². The molecule has 0 spiro atoms. The molecule has 2 aliphatic heterocycles. The molecule has 1 saturated heterocycles. The van der Waals surface area contributed by atoms with Gasteiger partial charge in [-0.15, -0.1) is 0 Å². The molecule has 0 radical (unpaired) electrons. The second-order valence-electron chi connectivity index (χ2n) is 7.52. The van der Waals surface area contributed by atoms with E-state index in [9.17, 15) is 8.42 Å². The van der Waals surface area contributed by atoms with Crippen molar-refractivity contribution >= 4 is 21.1 Å². The number of morpholine rings is 1. The van der Waals surface area contributed by atoms with E-state index in [1.54, 1.807) is 12.4 Å². The minimum Gasteiger partial charge on any atom is -0.486 e. The van der Waals surface area contributed by atoms with E-state index in [-0.39, 0.29) is 13.2 Å². The summed E-state index contributed by atoms with van der Waals surface area (Å²) in [7, 11) is -3.29. The van der Waals surface area contributed by atoms with Gasteiger partial charge in [-0.25, -0.2) is 18.4 Å². The van der Waals surface area contributed by atoms with Gasteiger partial charge in [0, 0.05) is 31.0 Å². The number of hydrogen-bond acceptors (Lipinski definition) is 9. The lowest BCUT2D eigenvalue weighted by Gasteiger charge is -2.30. The van der Waals surface area contributed by atoms with Gasteiger partial charge >= 0.3 is 0 Å². The summed E-state index contributed by atoms with van der Waals surface area (Å²) in [6.07, 6.45) is 3.96. The first-order chi connectivity index (χ1) is 15.5. The maximum atomic E-state index is 11.9. The summed E-state index contributed by atoms with van der Waals surface area (Å²) in [4.78, 5) is 13.4. The Balaban J connectivity index is 1.43. The van der Waals surface area contributed by atoms with Crippen LogP contribution in [-0.4, -0.2) is 79.6 Å². The maximum absolute atomic E-state index is 11.9. The van der Waals surface area contributed by atoms with Crippen molar-refractivity contribution < 1.29 is 27.4 Å². The van der Waals surface area contributed by atoms with Gasteiger partial charge in [-0.05, 0) is 24.3 Å². The number of nitrogens with zero attached hydrogens (tertiary/aromatic N) is 4. The van der Waals surface area contributed by atoms with Crippen LogP contribution in [-0.2, 0) is 14.8 Å². The number of sulfonamides is 1. The molecule has 3 aromatic rings. The fraction of sp³-hybridized carbons (Fsp3) is 0.381. The molecule has 11 heteroatoms. The van der Waals surface area contributed by atoms with E-state index in [1.807, 2.05) is 24.3 Å². The van der Waals surface area contributed by atoms with Crippen LogP contribution in [0.4, 0.5) is 0 Å². The van der Waals surface area contributed by atoms with Crippen LogP contribution in [0.3, 0.4) is 0 Å². The zero-order chi connectivity index (χ0) is 22.1. The summed E-state index contributed by atoms with van der Waals surface area (Å²) in [6.45, 7) is 2.02. The highest BCUT2D eigenvalue weighted by atomic mass is 32.2. The van der Waals surface area contributed by atoms with Gasteiger partial charge in [0.15, 0.2) is 17.0 Å². The Hall–Kier alpha value is -3.02. The van der Waals surface area contributed by atoms with E-state index in [0.29, 0.717) is 60.5 Å². The van der Waals surface area contributed by atoms with Crippen LogP contribution >= 0.6 is 0 Å². The van der Waals surface area contributed by atoms with E-state index in [2.05, 4.69) is 15.0 Å². The predicted octanol–water partition coefficient (Wildman–Crippen LogP) is 1.50. The Morgan fingerprint density at radius 2 is 1.91 bits per heavy atom. The third kappa shape index (κ3) is 4.31.